The molecule has 2 heterocycles. The molecule has 2 aliphatic heterocycles. The van der Waals surface area contributed by atoms with Crippen molar-refractivity contribution in [2.75, 3.05) is 40.1 Å². The fourth-order valence-electron chi connectivity index (χ4n) is 14.2. The summed E-state index contributed by atoms with van der Waals surface area (Å²) in [5.41, 5.74) is 16.6. The molecule has 6 nitrogen and oxygen atoms in total. The number of aryl methyl sites for hydroxylation is 2. The van der Waals surface area contributed by atoms with Crippen molar-refractivity contribution in [2.45, 2.75) is 255 Å². The van der Waals surface area contributed by atoms with Crippen LogP contribution in [0.2, 0.25) is 0 Å². The lowest BCUT2D eigenvalue weighted by Gasteiger charge is -2.32. The van der Waals surface area contributed by atoms with Gasteiger partial charge in [0.2, 0.25) is 0 Å². The van der Waals surface area contributed by atoms with Crippen LogP contribution in [0.25, 0.3) is 0 Å². The lowest BCUT2D eigenvalue weighted by molar-refractivity contribution is 0.0620. The van der Waals surface area contributed by atoms with Gasteiger partial charge in [0, 0.05) is 56.6 Å². The van der Waals surface area contributed by atoms with Gasteiger partial charge in [-0.3, -0.25) is 0 Å². The van der Waals surface area contributed by atoms with Gasteiger partial charge in [0.05, 0.1) is 7.11 Å². The van der Waals surface area contributed by atoms with Crippen molar-refractivity contribution in [3.63, 3.8) is 0 Å². The number of halogens is 1. The van der Waals surface area contributed by atoms with Crippen molar-refractivity contribution in [3.8, 4) is 5.75 Å². The summed E-state index contributed by atoms with van der Waals surface area (Å²) in [6.45, 7) is 49.6. The van der Waals surface area contributed by atoms with Crippen LogP contribution in [0.15, 0.2) is 204 Å². The first-order chi connectivity index (χ1) is 46.8. The lowest BCUT2D eigenvalue weighted by atomic mass is 9.75. The second-order valence-corrected chi connectivity index (χ2v) is 32.6. The van der Waals surface area contributed by atoms with Gasteiger partial charge in [0.25, 0.3) is 0 Å². The van der Waals surface area contributed by atoms with Gasteiger partial charge in [-0.25, -0.2) is 4.39 Å². The maximum absolute atomic E-state index is 13.2. The molecule has 99 heavy (non-hydrogen) atoms. The molecule has 3 N–H and O–H groups in total. The Labute approximate surface area is 604 Å². The van der Waals surface area contributed by atoms with E-state index in [0.717, 1.165) is 76.7 Å². The normalized spacial score (nSPS) is 15.7. The first kappa shape index (κ1) is 83.5. The number of rotatable bonds is 29. The third-order valence-corrected chi connectivity index (χ3v) is 20.1. The summed E-state index contributed by atoms with van der Waals surface area (Å²) in [4.78, 5) is 0. The highest BCUT2D eigenvalue weighted by molar-refractivity contribution is 5.33. The van der Waals surface area contributed by atoms with Crippen LogP contribution >= 0.6 is 0 Å². The predicted octanol–water partition coefficient (Wildman–Crippen LogP) is 23.7. The summed E-state index contributed by atoms with van der Waals surface area (Å²) in [6.07, 6.45) is 21.3. The van der Waals surface area contributed by atoms with Crippen LogP contribution in [-0.4, -0.2) is 58.2 Å². The summed E-state index contributed by atoms with van der Waals surface area (Å²) < 4.78 is 29.5. The van der Waals surface area contributed by atoms with Crippen LogP contribution in [0.3, 0.4) is 0 Å². The highest BCUT2D eigenvalue weighted by Gasteiger charge is 2.30. The van der Waals surface area contributed by atoms with Gasteiger partial charge < -0.3 is 30.2 Å². The summed E-state index contributed by atoms with van der Waals surface area (Å²) in [5, 5.41) is 11.4. The average molecular weight is 1350 g/mol. The molecular formula is C92H134FN3O3. The Hall–Kier alpha value is -6.19. The Kier molecular flexibility index (Phi) is 35.1. The van der Waals surface area contributed by atoms with E-state index >= 15 is 0 Å². The highest BCUT2D eigenvalue weighted by Crippen LogP contribution is 2.37. The zero-order chi connectivity index (χ0) is 72.8. The Bertz CT molecular complexity index is 3190. The largest absolute Gasteiger partial charge is 0.497 e. The minimum atomic E-state index is -0.173. The topological polar surface area (TPSA) is 63.8 Å². The van der Waals surface area contributed by atoms with E-state index in [9.17, 15) is 4.39 Å². The molecule has 2 fully saturated rings. The Morgan fingerprint density at radius 2 is 0.778 bits per heavy atom. The molecule has 0 saturated carbocycles. The number of allylic oxidation sites excluding steroid dienone is 5. The molecule has 7 heteroatoms. The number of benzene rings is 6. The van der Waals surface area contributed by atoms with Gasteiger partial charge in [0.15, 0.2) is 0 Å². The molecule has 0 aromatic heterocycles. The smallest absolute Gasteiger partial charge is 0.123 e. The van der Waals surface area contributed by atoms with Crippen molar-refractivity contribution >= 4 is 0 Å². The fraction of sp³-hybridized carbons (Fsp3) is 0.522. The molecule has 542 valence electrons. The van der Waals surface area contributed by atoms with E-state index in [0.29, 0.717) is 42.0 Å². The molecule has 0 spiro atoms. The summed E-state index contributed by atoms with van der Waals surface area (Å²) in [7, 11) is 1.72. The van der Waals surface area contributed by atoms with Crippen molar-refractivity contribution in [2.24, 2.45) is 17.8 Å². The van der Waals surface area contributed by atoms with E-state index in [1.54, 1.807) is 19.2 Å². The van der Waals surface area contributed by atoms with Gasteiger partial charge in [-0.05, 0) is 251 Å². The summed E-state index contributed by atoms with van der Waals surface area (Å²) in [6, 6.07) is 56.5. The Morgan fingerprint density at radius 3 is 1.15 bits per heavy atom. The van der Waals surface area contributed by atoms with E-state index in [2.05, 4.69) is 312 Å². The van der Waals surface area contributed by atoms with E-state index in [-0.39, 0.29) is 27.5 Å². The molecule has 0 bridgehead atoms. The third-order valence-electron chi connectivity index (χ3n) is 20.1. The Balaban J connectivity index is 0.000000238. The zero-order valence-corrected chi connectivity index (χ0v) is 65.6. The second-order valence-electron chi connectivity index (χ2n) is 32.6. The van der Waals surface area contributed by atoms with Crippen molar-refractivity contribution in [3.05, 3.63) is 255 Å². The maximum atomic E-state index is 13.2. The average Bonchev–Trinajstić information content (AvgIpc) is 0.855. The predicted molar refractivity (Wildman–Crippen MR) is 425 cm³/mol. The highest BCUT2D eigenvalue weighted by atomic mass is 19.1. The van der Waals surface area contributed by atoms with Crippen LogP contribution in [-0.2, 0) is 31.1 Å². The van der Waals surface area contributed by atoms with Crippen LogP contribution < -0.4 is 20.7 Å². The second kappa shape index (κ2) is 41.7. The summed E-state index contributed by atoms with van der Waals surface area (Å²) >= 11 is 0. The SMILES string of the molecule is CC(C)=CC(CC(C)(C)c1ccc(C)cc1)NC(C)c1ccccc1.CC(C)=CC(CC(C)(C)c1ccc(C)cc1)N[C@@H](C)c1ccccc1.CC(C)=CC(CC(C)(C)c1ccc(F)cc1)NCC1CCOCC1.COc1ccc(C(C)(C)CC(C=C(C)C)CCC2CCOCC2)cc1. The van der Waals surface area contributed by atoms with Crippen LogP contribution in [0.5, 0.6) is 5.75 Å². The fourth-order valence-corrected chi connectivity index (χ4v) is 14.2. The molecule has 0 aliphatic carbocycles. The van der Waals surface area contributed by atoms with Gasteiger partial charge in [0.1, 0.15) is 11.6 Å². The Morgan fingerprint density at radius 1 is 0.444 bits per heavy atom. The first-order valence-corrected chi connectivity index (χ1v) is 37.5. The van der Waals surface area contributed by atoms with Gasteiger partial charge in [-0.2, -0.15) is 0 Å². The van der Waals surface area contributed by atoms with Crippen molar-refractivity contribution < 1.29 is 18.6 Å². The monoisotopic (exact) mass is 1350 g/mol. The molecule has 5 unspecified atom stereocenters. The number of hydrogen-bond acceptors (Lipinski definition) is 6. The minimum Gasteiger partial charge on any atom is -0.497 e. The van der Waals surface area contributed by atoms with Crippen LogP contribution in [0.1, 0.15) is 245 Å². The number of methoxy groups -OCH3 is 1. The molecule has 2 aliphatic rings. The number of ether oxygens (including phenoxy) is 3. The minimum absolute atomic E-state index is 0.00695. The lowest BCUT2D eigenvalue weighted by Crippen LogP contribution is -2.38. The maximum Gasteiger partial charge on any atom is 0.123 e. The van der Waals surface area contributed by atoms with Gasteiger partial charge in [-0.1, -0.05) is 247 Å². The van der Waals surface area contributed by atoms with E-state index in [1.165, 1.54) is 98.9 Å². The quantitative estimate of drug-likeness (QED) is 0.0407. The van der Waals surface area contributed by atoms with Gasteiger partial charge >= 0.3 is 0 Å². The van der Waals surface area contributed by atoms with Crippen molar-refractivity contribution in [1.29, 1.82) is 0 Å². The molecule has 6 aromatic rings. The molecule has 6 aromatic carbocycles. The van der Waals surface area contributed by atoms with Crippen LogP contribution in [0.4, 0.5) is 4.39 Å². The number of nitrogens with one attached hydrogen (secondary N) is 3. The van der Waals surface area contributed by atoms with Gasteiger partial charge in [-0.15, -0.1) is 0 Å². The third kappa shape index (κ3) is 31.3. The first-order valence-electron chi connectivity index (χ1n) is 37.5. The molecule has 2 saturated heterocycles. The zero-order valence-electron chi connectivity index (χ0n) is 65.6. The molecule has 0 amide bonds. The standard InChI is InChI=1S/2C24H33N.C23H36O2.C21H32FNO/c2*1-18(2)16-23(25-20(4)21-10-8-7-9-11-21)17-24(5,6)22-14-12-19(3)13-15-22;1-18(2)16-20(7-6-19-12-14-25-15-13-19)17-23(3,4)21-8-10-22(24-5)11-9-21;1-16(2)13-20(23-15-17-9-11-24-12-10-17)14-21(3,4)18-5-7-19(22)8-6-18/h2*7-16,20,23,25H,17H2,1-6H3;8-11,16,19-20H,6-7,12-15,17H2,1-5H3;5-8,13,17,20,23H,9-12,14-15H2,1-4H3/t20-,23?;;;/m0.../s1. The molecule has 0 radical (unpaired) electrons. The van der Waals surface area contributed by atoms with E-state index in [4.69, 9.17) is 14.2 Å². The molecular weight excluding hydrogens is 1210 g/mol. The molecule has 6 atom stereocenters. The summed E-state index contributed by atoms with van der Waals surface area (Å²) in [5.74, 6) is 2.96. The van der Waals surface area contributed by atoms with E-state index < -0.39 is 0 Å². The molecule has 8 rings (SSSR count). The van der Waals surface area contributed by atoms with Crippen LogP contribution in [0, 0.1) is 37.4 Å². The van der Waals surface area contributed by atoms with Crippen molar-refractivity contribution in [1.82, 2.24) is 16.0 Å². The number of hydrogen-bond donors (Lipinski definition) is 3. The van der Waals surface area contributed by atoms with E-state index in [1.807, 2.05) is 12.1 Å².